The van der Waals surface area contributed by atoms with Gasteiger partial charge in [0.1, 0.15) is 4.88 Å². The van der Waals surface area contributed by atoms with Crippen LogP contribution in [0.15, 0.2) is 0 Å². The summed E-state index contributed by atoms with van der Waals surface area (Å²) >= 11 is 1.14. The lowest BCUT2D eigenvalue weighted by atomic mass is 9.91. The van der Waals surface area contributed by atoms with Crippen molar-refractivity contribution in [1.29, 1.82) is 0 Å². The van der Waals surface area contributed by atoms with Crippen molar-refractivity contribution in [1.82, 2.24) is 0 Å². The van der Waals surface area contributed by atoms with Gasteiger partial charge in [-0.1, -0.05) is 0 Å². The van der Waals surface area contributed by atoms with E-state index in [1.54, 1.807) is 0 Å². The lowest BCUT2D eigenvalue weighted by Crippen LogP contribution is -2.06. The number of hydrogen-bond acceptors (Lipinski definition) is 3. The molecule has 0 atom stereocenters. The molecule has 2 rings (SSSR count). The van der Waals surface area contributed by atoms with Crippen LogP contribution < -0.4 is 0 Å². The molecule has 1 aromatic heterocycles. The predicted octanol–water partition coefficient (Wildman–Crippen LogP) is 2.53. The molecule has 0 radical (unpaired) electrons. The Bertz CT molecular complexity index is 393. The molecule has 4 heteroatoms. The molecule has 0 fully saturated rings. The Kier molecular flexibility index (Phi) is 2.61. The van der Waals surface area contributed by atoms with Gasteiger partial charge in [-0.15, -0.1) is 11.3 Å². The summed E-state index contributed by atoms with van der Waals surface area (Å²) in [6.07, 6.45) is 3.75. The average molecular weight is 224 g/mol. The van der Waals surface area contributed by atoms with E-state index in [2.05, 4.69) is 0 Å². The zero-order valence-electron chi connectivity index (χ0n) is 8.50. The predicted molar refractivity (Wildman–Crippen MR) is 57.9 cm³/mol. The molecule has 0 aliphatic heterocycles. The summed E-state index contributed by atoms with van der Waals surface area (Å²) in [5.41, 5.74) is 1.90. The highest BCUT2D eigenvalue weighted by Crippen LogP contribution is 2.34. The number of hydrogen-bond donors (Lipinski definition) is 1. The molecule has 0 bridgehead atoms. The first-order valence-electron chi connectivity index (χ1n) is 5.00. The molecular weight excluding hydrogens is 212 g/mol. The van der Waals surface area contributed by atoms with Crippen LogP contribution in [0.2, 0.25) is 0 Å². The Morgan fingerprint density at radius 3 is 2.13 bits per heavy atom. The largest absolute Gasteiger partial charge is 0.477 e. The molecule has 1 N–H and O–H groups in total. The maximum absolute atomic E-state index is 11.4. The van der Waals surface area contributed by atoms with Crippen molar-refractivity contribution < 1.29 is 14.7 Å². The molecule has 0 amide bonds. The van der Waals surface area contributed by atoms with Gasteiger partial charge in [-0.3, -0.25) is 4.79 Å². The molecule has 1 aliphatic rings. The standard InChI is InChI=1S/C11H12O3S/c1-6(12)9-7-4-2-3-5-8(7)10(15-9)11(13)14/h2-5H2,1H3,(H,13,14). The Balaban J connectivity index is 2.59. The first kappa shape index (κ1) is 10.4. The van der Waals surface area contributed by atoms with Crippen molar-refractivity contribution in [2.45, 2.75) is 32.6 Å². The molecule has 1 aromatic rings. The fourth-order valence-corrected chi connectivity index (χ4v) is 3.22. The topological polar surface area (TPSA) is 54.4 Å². The molecule has 0 saturated carbocycles. The minimum atomic E-state index is -0.898. The molecule has 15 heavy (non-hydrogen) atoms. The third-order valence-electron chi connectivity index (χ3n) is 2.73. The van der Waals surface area contributed by atoms with E-state index in [1.807, 2.05) is 0 Å². The van der Waals surface area contributed by atoms with E-state index >= 15 is 0 Å². The second kappa shape index (κ2) is 3.77. The van der Waals surface area contributed by atoms with Crippen LogP contribution in [-0.4, -0.2) is 16.9 Å². The van der Waals surface area contributed by atoms with Gasteiger partial charge < -0.3 is 5.11 Å². The van der Waals surface area contributed by atoms with Crippen LogP contribution in [0.3, 0.4) is 0 Å². The molecule has 0 saturated heterocycles. The van der Waals surface area contributed by atoms with Crippen molar-refractivity contribution in [3.63, 3.8) is 0 Å². The van der Waals surface area contributed by atoms with Gasteiger partial charge in [-0.05, 0) is 43.7 Å². The van der Waals surface area contributed by atoms with E-state index in [4.69, 9.17) is 5.11 Å². The van der Waals surface area contributed by atoms with E-state index in [1.165, 1.54) is 6.92 Å². The van der Waals surface area contributed by atoms with Gasteiger partial charge in [-0.25, -0.2) is 4.79 Å². The van der Waals surface area contributed by atoms with Gasteiger partial charge in [0.15, 0.2) is 5.78 Å². The van der Waals surface area contributed by atoms with Crippen LogP contribution in [0.25, 0.3) is 0 Å². The smallest absolute Gasteiger partial charge is 0.346 e. The van der Waals surface area contributed by atoms with Crippen LogP contribution in [0.5, 0.6) is 0 Å². The molecule has 0 aromatic carbocycles. The van der Waals surface area contributed by atoms with Crippen LogP contribution in [0, 0.1) is 0 Å². The number of aromatic carboxylic acids is 1. The normalized spacial score (nSPS) is 14.7. The number of carbonyl (C=O) groups excluding carboxylic acids is 1. The maximum atomic E-state index is 11.4. The lowest BCUT2D eigenvalue weighted by Gasteiger charge is -2.12. The third kappa shape index (κ3) is 1.69. The van der Waals surface area contributed by atoms with Gasteiger partial charge in [0.25, 0.3) is 0 Å². The molecule has 1 heterocycles. The fourth-order valence-electron chi connectivity index (χ4n) is 2.09. The van der Waals surface area contributed by atoms with Crippen molar-refractivity contribution in [3.8, 4) is 0 Å². The molecule has 3 nitrogen and oxygen atoms in total. The Morgan fingerprint density at radius 2 is 1.67 bits per heavy atom. The number of carboxylic acid groups (broad SMARTS) is 1. The van der Waals surface area contributed by atoms with E-state index in [0.29, 0.717) is 9.75 Å². The number of rotatable bonds is 2. The summed E-state index contributed by atoms with van der Waals surface area (Å²) in [6, 6.07) is 0. The Hall–Kier alpha value is -1.16. The summed E-state index contributed by atoms with van der Waals surface area (Å²) in [6.45, 7) is 1.51. The first-order valence-corrected chi connectivity index (χ1v) is 5.81. The van der Waals surface area contributed by atoms with Gasteiger partial charge in [0.2, 0.25) is 0 Å². The molecular formula is C11H12O3S. The van der Waals surface area contributed by atoms with Crippen molar-refractivity contribution >= 4 is 23.1 Å². The van der Waals surface area contributed by atoms with Crippen LogP contribution >= 0.6 is 11.3 Å². The fraction of sp³-hybridized carbons (Fsp3) is 0.455. The molecule has 80 valence electrons. The summed E-state index contributed by atoms with van der Waals surface area (Å²) in [5, 5.41) is 9.04. The third-order valence-corrected chi connectivity index (χ3v) is 4.10. The van der Waals surface area contributed by atoms with Crippen molar-refractivity contribution in [3.05, 3.63) is 20.9 Å². The number of thiophene rings is 1. The molecule has 0 spiro atoms. The zero-order valence-corrected chi connectivity index (χ0v) is 9.32. The van der Waals surface area contributed by atoms with Crippen molar-refractivity contribution in [2.75, 3.05) is 0 Å². The zero-order chi connectivity index (χ0) is 11.0. The highest BCUT2D eigenvalue weighted by Gasteiger charge is 2.25. The number of ketones is 1. The number of carbonyl (C=O) groups is 2. The van der Waals surface area contributed by atoms with E-state index in [0.717, 1.165) is 48.1 Å². The summed E-state index contributed by atoms with van der Waals surface area (Å²) < 4.78 is 0. The second-order valence-corrected chi connectivity index (χ2v) is 4.81. The van der Waals surface area contributed by atoms with Gasteiger partial charge in [0.05, 0.1) is 4.88 Å². The highest BCUT2D eigenvalue weighted by atomic mass is 32.1. The monoisotopic (exact) mass is 224 g/mol. The van der Waals surface area contributed by atoms with Gasteiger partial charge >= 0.3 is 5.97 Å². The first-order chi connectivity index (χ1) is 7.11. The second-order valence-electron chi connectivity index (χ2n) is 3.79. The lowest BCUT2D eigenvalue weighted by molar-refractivity contribution is 0.0700. The summed E-state index contributed by atoms with van der Waals surface area (Å²) in [5.74, 6) is -0.906. The number of carboxylic acids is 1. The Labute approximate surface area is 91.7 Å². The minimum Gasteiger partial charge on any atom is -0.477 e. The van der Waals surface area contributed by atoms with Crippen LogP contribution in [-0.2, 0) is 12.8 Å². The summed E-state index contributed by atoms with van der Waals surface area (Å²) in [7, 11) is 0. The van der Waals surface area contributed by atoms with Crippen LogP contribution in [0.1, 0.15) is 50.2 Å². The van der Waals surface area contributed by atoms with E-state index in [-0.39, 0.29) is 5.78 Å². The maximum Gasteiger partial charge on any atom is 0.346 e. The average Bonchev–Trinajstić information content (AvgIpc) is 2.56. The van der Waals surface area contributed by atoms with Crippen molar-refractivity contribution in [2.24, 2.45) is 0 Å². The molecule has 1 aliphatic carbocycles. The highest BCUT2D eigenvalue weighted by molar-refractivity contribution is 7.16. The van der Waals surface area contributed by atoms with E-state index < -0.39 is 5.97 Å². The SMILES string of the molecule is CC(=O)c1sc(C(=O)O)c2c1CCCC2. The number of Topliss-reactive ketones (excluding diaryl/α,β-unsaturated/α-hetero) is 1. The summed E-state index contributed by atoms with van der Waals surface area (Å²) in [4.78, 5) is 23.4. The van der Waals surface area contributed by atoms with Gasteiger partial charge in [-0.2, -0.15) is 0 Å². The van der Waals surface area contributed by atoms with Gasteiger partial charge in [0, 0.05) is 0 Å². The van der Waals surface area contributed by atoms with Crippen LogP contribution in [0.4, 0.5) is 0 Å². The Morgan fingerprint density at radius 1 is 1.13 bits per heavy atom. The van der Waals surface area contributed by atoms with E-state index in [9.17, 15) is 9.59 Å². The minimum absolute atomic E-state index is 0.00866. The quantitative estimate of drug-likeness (QED) is 0.785. The molecule has 0 unspecified atom stereocenters. The number of fused-ring (bicyclic) bond motifs is 1.